The summed E-state index contributed by atoms with van der Waals surface area (Å²) in [6, 6.07) is 12.1. The van der Waals surface area contributed by atoms with Gasteiger partial charge in [-0.1, -0.05) is 29.8 Å². The number of para-hydroxylation sites is 1. The topological polar surface area (TPSA) is 92.8 Å². The van der Waals surface area contributed by atoms with Crippen LogP contribution in [0.1, 0.15) is 22.8 Å². The minimum Gasteiger partial charge on any atom is -0.465 e. The molecule has 0 aliphatic carbocycles. The highest BCUT2D eigenvalue weighted by Gasteiger charge is 2.29. The van der Waals surface area contributed by atoms with Crippen molar-refractivity contribution in [1.29, 1.82) is 0 Å². The number of nitrogens with one attached hydrogen (secondary N) is 1. The fourth-order valence-corrected chi connectivity index (χ4v) is 3.79. The van der Waals surface area contributed by atoms with Gasteiger partial charge in [-0.2, -0.15) is 0 Å². The van der Waals surface area contributed by atoms with Crippen molar-refractivity contribution in [3.8, 4) is 0 Å². The molecule has 0 aromatic heterocycles. The monoisotopic (exact) mass is 390 g/mol. The zero-order valence-electron chi connectivity index (χ0n) is 15.6. The molecule has 0 saturated carbocycles. The smallest absolute Gasteiger partial charge is 0.339 e. The fraction of sp³-hybridized carbons (Fsp3) is 0.263. The number of rotatable bonds is 6. The Morgan fingerprint density at radius 2 is 1.67 bits per heavy atom. The Labute approximate surface area is 159 Å². The Morgan fingerprint density at radius 1 is 1.07 bits per heavy atom. The molecular formula is C19H22N2O5S. The summed E-state index contributed by atoms with van der Waals surface area (Å²) in [4.78, 5) is 24.6. The van der Waals surface area contributed by atoms with Gasteiger partial charge in [0, 0.05) is 0 Å². The number of hydrogen-bond donors (Lipinski definition) is 1. The molecule has 0 heterocycles. The van der Waals surface area contributed by atoms with Gasteiger partial charge in [0.1, 0.15) is 6.04 Å². The molecule has 2 aromatic carbocycles. The van der Waals surface area contributed by atoms with Crippen LogP contribution in [0.4, 0.5) is 11.4 Å². The summed E-state index contributed by atoms with van der Waals surface area (Å²) in [6.07, 6.45) is 1.04. The predicted molar refractivity (Wildman–Crippen MR) is 104 cm³/mol. The highest BCUT2D eigenvalue weighted by molar-refractivity contribution is 7.92. The van der Waals surface area contributed by atoms with Crippen LogP contribution in [-0.4, -0.2) is 39.7 Å². The van der Waals surface area contributed by atoms with Gasteiger partial charge in [0.25, 0.3) is 0 Å². The molecule has 2 aromatic rings. The van der Waals surface area contributed by atoms with Crippen LogP contribution in [0, 0.1) is 6.92 Å². The van der Waals surface area contributed by atoms with Gasteiger partial charge in [0.05, 0.1) is 30.3 Å². The van der Waals surface area contributed by atoms with E-state index in [1.807, 2.05) is 6.92 Å². The third kappa shape index (κ3) is 4.85. The molecule has 0 unspecified atom stereocenters. The van der Waals surface area contributed by atoms with E-state index in [1.165, 1.54) is 20.1 Å². The Bertz CT molecular complexity index is 939. The number of esters is 1. The van der Waals surface area contributed by atoms with E-state index in [9.17, 15) is 18.0 Å². The quantitative estimate of drug-likeness (QED) is 0.765. The maximum absolute atomic E-state index is 12.7. The second-order valence-electron chi connectivity index (χ2n) is 6.10. The Kier molecular flexibility index (Phi) is 6.22. The summed E-state index contributed by atoms with van der Waals surface area (Å²) >= 11 is 0. The van der Waals surface area contributed by atoms with Gasteiger partial charge < -0.3 is 10.1 Å². The highest BCUT2D eigenvalue weighted by Crippen LogP contribution is 2.23. The number of carbonyl (C=O) groups is 2. The zero-order valence-corrected chi connectivity index (χ0v) is 16.4. The average Bonchev–Trinajstić information content (AvgIpc) is 2.62. The van der Waals surface area contributed by atoms with E-state index in [4.69, 9.17) is 4.74 Å². The number of anilines is 2. The van der Waals surface area contributed by atoms with Crippen molar-refractivity contribution in [3.63, 3.8) is 0 Å². The van der Waals surface area contributed by atoms with Crippen LogP contribution in [-0.2, 0) is 19.6 Å². The van der Waals surface area contributed by atoms with Gasteiger partial charge in [-0.05, 0) is 38.1 Å². The third-order valence-electron chi connectivity index (χ3n) is 3.97. The molecule has 8 heteroatoms. The molecule has 0 aliphatic heterocycles. The van der Waals surface area contributed by atoms with E-state index in [0.29, 0.717) is 5.69 Å². The van der Waals surface area contributed by atoms with Crippen molar-refractivity contribution < 1.29 is 22.7 Å². The fourth-order valence-electron chi connectivity index (χ4n) is 2.62. The summed E-state index contributed by atoms with van der Waals surface area (Å²) < 4.78 is 30.4. The summed E-state index contributed by atoms with van der Waals surface area (Å²) in [5, 5.41) is 2.61. The molecule has 0 radical (unpaired) electrons. The lowest BCUT2D eigenvalue weighted by molar-refractivity contribution is -0.116. The van der Waals surface area contributed by atoms with Crippen molar-refractivity contribution in [1.82, 2.24) is 0 Å². The lowest BCUT2D eigenvalue weighted by Gasteiger charge is -2.28. The molecule has 2 rings (SSSR count). The molecule has 144 valence electrons. The van der Waals surface area contributed by atoms with Crippen LogP contribution in [0.25, 0.3) is 0 Å². The standard InChI is InChI=1S/C19H22N2O5S/c1-13-9-11-15(12-10-13)21(27(4,24)25)14(2)18(22)20-17-8-6-5-7-16(17)19(23)26-3/h5-12,14H,1-4H3,(H,20,22)/t14-/m0/s1. The number of aryl methyl sites for hydroxylation is 1. The summed E-state index contributed by atoms with van der Waals surface area (Å²) in [7, 11) is -2.48. The van der Waals surface area contributed by atoms with Gasteiger partial charge in [0.15, 0.2) is 0 Å². The first-order valence-electron chi connectivity index (χ1n) is 8.19. The van der Waals surface area contributed by atoms with Crippen LogP contribution in [0.15, 0.2) is 48.5 Å². The number of methoxy groups -OCH3 is 1. The van der Waals surface area contributed by atoms with Gasteiger partial charge >= 0.3 is 5.97 Å². The minimum atomic E-state index is -3.72. The number of sulfonamides is 1. The number of ether oxygens (including phenoxy) is 1. The molecule has 1 N–H and O–H groups in total. The summed E-state index contributed by atoms with van der Waals surface area (Å²) in [6.45, 7) is 3.37. The zero-order chi connectivity index (χ0) is 20.2. The molecule has 7 nitrogen and oxygen atoms in total. The molecular weight excluding hydrogens is 368 g/mol. The van der Waals surface area contributed by atoms with E-state index in [-0.39, 0.29) is 11.3 Å². The van der Waals surface area contributed by atoms with E-state index >= 15 is 0 Å². The first-order chi connectivity index (χ1) is 12.6. The molecule has 0 aliphatic rings. The van der Waals surface area contributed by atoms with Crippen LogP contribution >= 0.6 is 0 Å². The van der Waals surface area contributed by atoms with Crippen LogP contribution < -0.4 is 9.62 Å². The second-order valence-corrected chi connectivity index (χ2v) is 7.96. The highest BCUT2D eigenvalue weighted by atomic mass is 32.2. The van der Waals surface area contributed by atoms with E-state index in [1.54, 1.807) is 42.5 Å². The molecule has 0 spiro atoms. The molecule has 0 saturated heterocycles. The third-order valence-corrected chi connectivity index (χ3v) is 5.21. The molecule has 0 bridgehead atoms. The second kappa shape index (κ2) is 8.22. The number of hydrogen-bond acceptors (Lipinski definition) is 5. The van der Waals surface area contributed by atoms with Gasteiger partial charge in [-0.15, -0.1) is 0 Å². The first kappa shape index (κ1) is 20.4. The van der Waals surface area contributed by atoms with Crippen molar-refractivity contribution in [3.05, 3.63) is 59.7 Å². The van der Waals surface area contributed by atoms with E-state index in [2.05, 4.69) is 5.32 Å². The SMILES string of the molecule is COC(=O)c1ccccc1NC(=O)[C@H](C)N(c1ccc(C)cc1)S(C)(=O)=O. The van der Waals surface area contributed by atoms with Gasteiger partial charge in [-0.25, -0.2) is 13.2 Å². The van der Waals surface area contributed by atoms with Gasteiger partial charge in [0.2, 0.25) is 15.9 Å². The van der Waals surface area contributed by atoms with Gasteiger partial charge in [-0.3, -0.25) is 9.10 Å². The molecule has 1 atom stereocenters. The van der Waals surface area contributed by atoms with Crippen LogP contribution in [0.5, 0.6) is 0 Å². The maximum Gasteiger partial charge on any atom is 0.339 e. The Morgan fingerprint density at radius 3 is 2.22 bits per heavy atom. The lowest BCUT2D eigenvalue weighted by Crippen LogP contribution is -2.45. The lowest BCUT2D eigenvalue weighted by atomic mass is 10.1. The Balaban J connectivity index is 2.34. The van der Waals surface area contributed by atoms with Crippen molar-refractivity contribution in [2.45, 2.75) is 19.9 Å². The number of benzene rings is 2. The van der Waals surface area contributed by atoms with Crippen molar-refractivity contribution in [2.75, 3.05) is 23.0 Å². The molecule has 27 heavy (non-hydrogen) atoms. The summed E-state index contributed by atoms with van der Waals surface area (Å²) in [5.74, 6) is -1.17. The minimum absolute atomic E-state index is 0.182. The van der Waals surface area contributed by atoms with E-state index < -0.39 is 27.9 Å². The predicted octanol–water partition coefficient (Wildman–Crippen LogP) is 2.57. The Hall–Kier alpha value is -2.87. The molecule has 0 fully saturated rings. The number of amides is 1. The largest absolute Gasteiger partial charge is 0.465 e. The van der Waals surface area contributed by atoms with Crippen molar-refractivity contribution in [2.24, 2.45) is 0 Å². The van der Waals surface area contributed by atoms with E-state index in [0.717, 1.165) is 16.1 Å². The average molecular weight is 390 g/mol. The molecule has 1 amide bonds. The number of carbonyl (C=O) groups excluding carboxylic acids is 2. The maximum atomic E-state index is 12.7. The van der Waals surface area contributed by atoms with Crippen molar-refractivity contribution >= 4 is 33.3 Å². The summed E-state index contributed by atoms with van der Waals surface area (Å²) in [5.41, 5.74) is 1.78. The first-order valence-corrected chi connectivity index (χ1v) is 10.0. The normalized spacial score (nSPS) is 12.1. The number of nitrogens with zero attached hydrogens (tertiary/aromatic N) is 1. The van der Waals surface area contributed by atoms with Crippen LogP contribution in [0.3, 0.4) is 0 Å². The van der Waals surface area contributed by atoms with Crippen LogP contribution in [0.2, 0.25) is 0 Å².